The molecule has 1 aromatic heterocycles. The minimum Gasteiger partial charge on any atom is -0.332 e. The van der Waals surface area contributed by atoms with Gasteiger partial charge in [0, 0.05) is 18.0 Å². The highest BCUT2D eigenvalue weighted by molar-refractivity contribution is 7.09. The molecule has 4 nitrogen and oxygen atoms in total. The highest BCUT2D eigenvalue weighted by Crippen LogP contribution is 2.21. The Morgan fingerprint density at radius 2 is 2.39 bits per heavy atom. The Morgan fingerprint density at radius 1 is 1.52 bits per heavy atom. The summed E-state index contributed by atoms with van der Waals surface area (Å²) in [6.07, 6.45) is 2.64. The molecule has 1 saturated heterocycles. The second kappa shape index (κ2) is 7.08. The first kappa shape index (κ1) is 15.9. The third kappa shape index (κ3) is 4.07. The molecule has 1 aliphatic heterocycles. The molecule has 1 unspecified atom stereocenters. The molecule has 2 heterocycles. The van der Waals surface area contributed by atoms with E-state index in [2.05, 4.69) is 10.3 Å². The molecule has 122 valence electrons. The van der Waals surface area contributed by atoms with Crippen LogP contribution in [-0.4, -0.2) is 28.5 Å². The van der Waals surface area contributed by atoms with Crippen molar-refractivity contribution in [3.05, 3.63) is 51.7 Å². The van der Waals surface area contributed by atoms with E-state index in [1.807, 2.05) is 23.3 Å². The predicted octanol–water partition coefficient (Wildman–Crippen LogP) is 3.51. The first-order valence-corrected chi connectivity index (χ1v) is 8.70. The van der Waals surface area contributed by atoms with E-state index in [1.165, 1.54) is 6.07 Å². The van der Waals surface area contributed by atoms with Crippen molar-refractivity contribution in [2.45, 2.75) is 38.8 Å². The van der Waals surface area contributed by atoms with Gasteiger partial charge in [0.25, 0.3) is 0 Å². The molecule has 1 aromatic carbocycles. The summed E-state index contributed by atoms with van der Waals surface area (Å²) in [6, 6.07) is 6.69. The van der Waals surface area contributed by atoms with Crippen LogP contribution < -0.4 is 5.32 Å². The van der Waals surface area contributed by atoms with E-state index >= 15 is 0 Å². The number of rotatable bonds is 4. The van der Waals surface area contributed by atoms with Gasteiger partial charge >= 0.3 is 6.03 Å². The van der Waals surface area contributed by atoms with Gasteiger partial charge in [0.2, 0.25) is 0 Å². The van der Waals surface area contributed by atoms with Gasteiger partial charge < -0.3 is 10.2 Å². The summed E-state index contributed by atoms with van der Waals surface area (Å²) < 4.78 is 13.3. The number of likely N-dealkylation sites (tertiary alicyclic amines) is 1. The van der Waals surface area contributed by atoms with Crippen LogP contribution in [0.5, 0.6) is 0 Å². The lowest BCUT2D eigenvalue weighted by atomic mass is 10.0. The normalized spacial score (nSPS) is 17.5. The Kier molecular flexibility index (Phi) is 4.91. The van der Waals surface area contributed by atoms with Gasteiger partial charge in [0.15, 0.2) is 0 Å². The van der Waals surface area contributed by atoms with Crippen LogP contribution in [-0.2, 0) is 13.0 Å². The number of urea groups is 1. The van der Waals surface area contributed by atoms with Gasteiger partial charge in [0.05, 0.1) is 17.2 Å². The van der Waals surface area contributed by atoms with Crippen LogP contribution in [0.2, 0.25) is 0 Å². The summed E-state index contributed by atoms with van der Waals surface area (Å²) in [4.78, 5) is 18.6. The Bertz CT molecular complexity index is 688. The van der Waals surface area contributed by atoms with E-state index in [0.717, 1.165) is 35.7 Å². The summed E-state index contributed by atoms with van der Waals surface area (Å²) in [7, 11) is 0. The number of carbonyl (C=O) groups is 1. The first-order chi connectivity index (χ1) is 11.1. The van der Waals surface area contributed by atoms with Gasteiger partial charge in [-0.1, -0.05) is 12.1 Å². The molecule has 1 aliphatic rings. The van der Waals surface area contributed by atoms with E-state index in [9.17, 15) is 9.18 Å². The van der Waals surface area contributed by atoms with Crippen molar-refractivity contribution in [3.8, 4) is 0 Å². The van der Waals surface area contributed by atoms with Crippen molar-refractivity contribution in [1.82, 2.24) is 15.2 Å². The third-order valence-corrected chi connectivity index (χ3v) is 4.91. The van der Waals surface area contributed by atoms with Gasteiger partial charge in [-0.3, -0.25) is 0 Å². The average Bonchev–Trinajstić information content (AvgIpc) is 3.14. The standard InChI is InChI=1S/C17H20FN3OS/c1-12-20-15(11-23-12)10-19-17(22)21-7-3-6-16(21)9-13-4-2-5-14(18)8-13/h2,4-5,8,11,16H,3,6-7,9-10H2,1H3,(H,19,22). The molecule has 23 heavy (non-hydrogen) atoms. The molecule has 0 radical (unpaired) electrons. The second-order valence-electron chi connectivity index (χ2n) is 5.84. The zero-order valence-corrected chi connectivity index (χ0v) is 13.9. The van der Waals surface area contributed by atoms with E-state index in [-0.39, 0.29) is 17.9 Å². The fourth-order valence-corrected chi connectivity index (χ4v) is 3.62. The monoisotopic (exact) mass is 333 g/mol. The Labute approximate surface area is 139 Å². The minimum absolute atomic E-state index is 0.0606. The Balaban J connectivity index is 1.58. The molecule has 0 aliphatic carbocycles. The number of aromatic nitrogens is 1. The smallest absolute Gasteiger partial charge is 0.317 e. The topological polar surface area (TPSA) is 45.2 Å². The number of thiazole rings is 1. The van der Waals surface area contributed by atoms with Crippen molar-refractivity contribution in [2.24, 2.45) is 0 Å². The predicted molar refractivity (Wildman–Crippen MR) is 88.9 cm³/mol. The summed E-state index contributed by atoms with van der Waals surface area (Å²) in [5.41, 5.74) is 1.83. The minimum atomic E-state index is -0.226. The molecule has 2 amide bonds. The molecule has 0 saturated carbocycles. The number of amides is 2. The van der Waals surface area contributed by atoms with Gasteiger partial charge in [-0.05, 0) is 43.9 Å². The lowest BCUT2D eigenvalue weighted by Crippen LogP contribution is -2.43. The van der Waals surface area contributed by atoms with Crippen molar-refractivity contribution in [3.63, 3.8) is 0 Å². The number of benzene rings is 1. The molecular weight excluding hydrogens is 313 g/mol. The highest BCUT2D eigenvalue weighted by atomic mass is 32.1. The number of nitrogens with one attached hydrogen (secondary N) is 1. The van der Waals surface area contributed by atoms with Crippen LogP contribution in [0.15, 0.2) is 29.6 Å². The number of hydrogen-bond acceptors (Lipinski definition) is 3. The van der Waals surface area contributed by atoms with E-state index in [4.69, 9.17) is 0 Å². The van der Waals surface area contributed by atoms with Crippen LogP contribution in [0, 0.1) is 12.7 Å². The summed E-state index contributed by atoms with van der Waals surface area (Å²) in [6.45, 7) is 3.15. The average molecular weight is 333 g/mol. The molecule has 6 heteroatoms. The van der Waals surface area contributed by atoms with Gasteiger partial charge in [-0.2, -0.15) is 0 Å². The van der Waals surface area contributed by atoms with Crippen LogP contribution in [0.3, 0.4) is 0 Å². The number of halogens is 1. The molecule has 0 bridgehead atoms. The molecule has 1 fully saturated rings. The van der Waals surface area contributed by atoms with Crippen molar-refractivity contribution >= 4 is 17.4 Å². The van der Waals surface area contributed by atoms with Crippen LogP contribution >= 0.6 is 11.3 Å². The van der Waals surface area contributed by atoms with Crippen molar-refractivity contribution in [1.29, 1.82) is 0 Å². The second-order valence-corrected chi connectivity index (χ2v) is 6.90. The van der Waals surface area contributed by atoms with Crippen LogP contribution in [0.1, 0.15) is 29.1 Å². The fraction of sp³-hybridized carbons (Fsp3) is 0.412. The maximum atomic E-state index is 13.3. The Hall–Kier alpha value is -1.95. The van der Waals surface area contributed by atoms with Crippen molar-refractivity contribution in [2.75, 3.05) is 6.54 Å². The molecule has 1 atom stereocenters. The molecule has 3 rings (SSSR count). The number of hydrogen-bond donors (Lipinski definition) is 1. The quantitative estimate of drug-likeness (QED) is 0.931. The SMILES string of the molecule is Cc1nc(CNC(=O)N2CCCC2Cc2cccc(F)c2)cs1. The van der Waals surface area contributed by atoms with Gasteiger partial charge in [-0.15, -0.1) is 11.3 Å². The summed E-state index contributed by atoms with van der Waals surface area (Å²) in [5.74, 6) is -0.226. The van der Waals surface area contributed by atoms with Crippen LogP contribution in [0.25, 0.3) is 0 Å². The van der Waals surface area contributed by atoms with Gasteiger partial charge in [-0.25, -0.2) is 14.2 Å². The van der Waals surface area contributed by atoms with Crippen LogP contribution in [0.4, 0.5) is 9.18 Å². The van der Waals surface area contributed by atoms with E-state index < -0.39 is 0 Å². The molecule has 0 spiro atoms. The Morgan fingerprint density at radius 3 is 3.13 bits per heavy atom. The third-order valence-electron chi connectivity index (χ3n) is 4.09. The largest absolute Gasteiger partial charge is 0.332 e. The molecule has 2 aromatic rings. The lowest BCUT2D eigenvalue weighted by Gasteiger charge is -2.25. The summed E-state index contributed by atoms with van der Waals surface area (Å²) >= 11 is 1.58. The van der Waals surface area contributed by atoms with E-state index in [0.29, 0.717) is 13.0 Å². The zero-order valence-electron chi connectivity index (χ0n) is 13.1. The first-order valence-electron chi connectivity index (χ1n) is 7.82. The van der Waals surface area contributed by atoms with E-state index in [1.54, 1.807) is 23.5 Å². The number of aryl methyl sites for hydroxylation is 1. The van der Waals surface area contributed by atoms with Gasteiger partial charge in [0.1, 0.15) is 5.82 Å². The fourth-order valence-electron chi connectivity index (χ4n) is 3.01. The molecule has 1 N–H and O–H groups in total. The van der Waals surface area contributed by atoms with Crippen molar-refractivity contribution < 1.29 is 9.18 Å². The number of nitrogens with zero attached hydrogens (tertiary/aromatic N) is 2. The lowest BCUT2D eigenvalue weighted by molar-refractivity contribution is 0.192. The maximum Gasteiger partial charge on any atom is 0.317 e. The zero-order chi connectivity index (χ0) is 16.2. The maximum absolute atomic E-state index is 13.3. The molecular formula is C17H20FN3OS. The highest BCUT2D eigenvalue weighted by Gasteiger charge is 2.28. The summed E-state index contributed by atoms with van der Waals surface area (Å²) in [5, 5.41) is 5.90. The number of carbonyl (C=O) groups excluding carboxylic acids is 1.